The van der Waals surface area contributed by atoms with E-state index in [2.05, 4.69) is 5.32 Å². The van der Waals surface area contributed by atoms with Gasteiger partial charge >= 0.3 is 0 Å². The lowest BCUT2D eigenvalue weighted by Crippen LogP contribution is -2.52. The van der Waals surface area contributed by atoms with Crippen molar-refractivity contribution in [2.45, 2.75) is 31.3 Å². The van der Waals surface area contributed by atoms with E-state index in [0.717, 1.165) is 17.7 Å². The second-order valence-corrected chi connectivity index (χ2v) is 6.31. The lowest BCUT2D eigenvalue weighted by Gasteiger charge is -2.32. The van der Waals surface area contributed by atoms with Gasteiger partial charge in [0.05, 0.1) is 0 Å². The van der Waals surface area contributed by atoms with Crippen LogP contribution in [-0.2, 0) is 9.59 Å². The summed E-state index contributed by atoms with van der Waals surface area (Å²) in [5.41, 5.74) is 7.88. The molecule has 25 heavy (non-hydrogen) atoms. The minimum Gasteiger partial charge on any atom is -0.344 e. The number of nitrogens with zero attached hydrogens (tertiary/aromatic N) is 1. The molecule has 2 atom stereocenters. The molecule has 130 valence electrons. The van der Waals surface area contributed by atoms with Gasteiger partial charge in [0.2, 0.25) is 11.8 Å². The average molecular weight is 337 g/mol. The number of nitrogens with two attached hydrogens (primary N) is 1. The Morgan fingerprint density at radius 1 is 1.12 bits per heavy atom. The summed E-state index contributed by atoms with van der Waals surface area (Å²) in [6, 6.07) is 18.2. The van der Waals surface area contributed by atoms with Gasteiger partial charge in [-0.3, -0.25) is 9.59 Å². The Labute approximate surface area is 147 Å². The third kappa shape index (κ3) is 4.25. The number of hydrogen-bond acceptors (Lipinski definition) is 3. The molecular weight excluding hydrogens is 314 g/mol. The Kier molecular flexibility index (Phi) is 5.46. The van der Waals surface area contributed by atoms with Crippen LogP contribution in [-0.4, -0.2) is 24.4 Å². The van der Waals surface area contributed by atoms with E-state index >= 15 is 0 Å². The number of anilines is 1. The number of hydrogen-bond donors (Lipinski definition) is 2. The Morgan fingerprint density at radius 3 is 2.44 bits per heavy atom. The minimum atomic E-state index is -0.482. The Hall–Kier alpha value is -2.66. The Bertz CT molecular complexity index is 718. The van der Waals surface area contributed by atoms with Crippen LogP contribution < -0.4 is 16.0 Å². The number of para-hydroxylation sites is 1. The van der Waals surface area contributed by atoms with Crippen molar-refractivity contribution in [3.63, 3.8) is 0 Å². The van der Waals surface area contributed by atoms with Gasteiger partial charge in [0.25, 0.3) is 0 Å². The summed E-state index contributed by atoms with van der Waals surface area (Å²) in [6.07, 6.45) is 1.68. The third-order valence-corrected chi connectivity index (χ3v) is 4.47. The quantitative estimate of drug-likeness (QED) is 0.879. The van der Waals surface area contributed by atoms with Crippen molar-refractivity contribution in [1.82, 2.24) is 5.32 Å². The largest absolute Gasteiger partial charge is 0.344 e. The molecule has 5 nitrogen and oxygen atoms in total. The highest BCUT2D eigenvalue weighted by Gasteiger charge is 2.30. The first-order chi connectivity index (χ1) is 12.1. The van der Waals surface area contributed by atoms with Crippen molar-refractivity contribution in [2.75, 3.05) is 11.4 Å². The normalized spacial score (nSPS) is 18.7. The van der Waals surface area contributed by atoms with E-state index in [1.807, 2.05) is 60.7 Å². The number of amides is 2. The summed E-state index contributed by atoms with van der Waals surface area (Å²) < 4.78 is 0. The molecule has 0 aromatic heterocycles. The van der Waals surface area contributed by atoms with Crippen LogP contribution in [0.2, 0.25) is 0 Å². The van der Waals surface area contributed by atoms with Crippen LogP contribution in [0.4, 0.5) is 5.69 Å². The van der Waals surface area contributed by atoms with Crippen molar-refractivity contribution < 1.29 is 9.59 Å². The van der Waals surface area contributed by atoms with Crippen LogP contribution in [0.5, 0.6) is 0 Å². The highest BCUT2D eigenvalue weighted by Crippen LogP contribution is 2.21. The molecule has 0 radical (unpaired) electrons. The molecule has 1 heterocycles. The molecule has 3 N–H and O–H groups in total. The second-order valence-electron chi connectivity index (χ2n) is 6.31. The fraction of sp³-hybridized carbons (Fsp3) is 0.300. The number of benzene rings is 2. The average Bonchev–Trinajstić information content (AvgIpc) is 2.65. The molecule has 3 rings (SSSR count). The number of piperidine rings is 1. The molecule has 5 heteroatoms. The van der Waals surface area contributed by atoms with E-state index in [1.165, 1.54) is 0 Å². The monoisotopic (exact) mass is 337 g/mol. The van der Waals surface area contributed by atoms with Crippen LogP contribution in [0.3, 0.4) is 0 Å². The first-order valence-corrected chi connectivity index (χ1v) is 8.61. The molecule has 2 amide bonds. The van der Waals surface area contributed by atoms with Crippen molar-refractivity contribution in [1.29, 1.82) is 0 Å². The van der Waals surface area contributed by atoms with Gasteiger partial charge in [-0.15, -0.1) is 0 Å². The van der Waals surface area contributed by atoms with Crippen molar-refractivity contribution in [2.24, 2.45) is 5.73 Å². The van der Waals surface area contributed by atoms with Gasteiger partial charge in [0.15, 0.2) is 0 Å². The summed E-state index contributed by atoms with van der Waals surface area (Å²) in [6.45, 7) is 0.679. The zero-order chi connectivity index (χ0) is 17.6. The van der Waals surface area contributed by atoms with Crippen molar-refractivity contribution >= 4 is 17.5 Å². The highest BCUT2D eigenvalue weighted by molar-refractivity contribution is 5.99. The van der Waals surface area contributed by atoms with Crippen molar-refractivity contribution in [3.05, 3.63) is 66.2 Å². The molecule has 0 saturated carbocycles. The number of rotatable bonds is 5. The summed E-state index contributed by atoms with van der Waals surface area (Å²) in [7, 11) is 0. The molecule has 0 spiro atoms. The van der Waals surface area contributed by atoms with E-state index in [1.54, 1.807) is 4.90 Å². The molecule has 0 aliphatic carbocycles. The maximum absolute atomic E-state index is 12.7. The predicted octanol–water partition coefficient (Wildman–Crippen LogP) is 2.39. The van der Waals surface area contributed by atoms with Gasteiger partial charge in [-0.2, -0.15) is 0 Å². The predicted molar refractivity (Wildman–Crippen MR) is 97.9 cm³/mol. The SMILES string of the molecule is NC(CC(=O)NC1CCCN(c2ccccc2)C1=O)c1ccccc1. The zero-order valence-corrected chi connectivity index (χ0v) is 14.1. The molecular formula is C20H23N3O2. The maximum Gasteiger partial charge on any atom is 0.249 e. The van der Waals surface area contributed by atoms with E-state index in [9.17, 15) is 9.59 Å². The topological polar surface area (TPSA) is 75.4 Å². The van der Waals surface area contributed by atoms with Crippen LogP contribution in [0.15, 0.2) is 60.7 Å². The van der Waals surface area contributed by atoms with Gasteiger partial charge in [-0.05, 0) is 30.5 Å². The Morgan fingerprint density at radius 2 is 1.76 bits per heavy atom. The van der Waals surface area contributed by atoms with Gasteiger partial charge in [0, 0.05) is 24.7 Å². The summed E-state index contributed by atoms with van der Waals surface area (Å²) in [5, 5.41) is 2.86. The Balaban J connectivity index is 1.60. The van der Waals surface area contributed by atoms with Crippen LogP contribution in [0, 0.1) is 0 Å². The first kappa shape index (κ1) is 17.2. The van der Waals surface area contributed by atoms with E-state index in [-0.39, 0.29) is 24.3 Å². The highest BCUT2D eigenvalue weighted by atomic mass is 16.2. The summed E-state index contributed by atoms with van der Waals surface area (Å²) >= 11 is 0. The van der Waals surface area contributed by atoms with Crippen LogP contribution in [0.25, 0.3) is 0 Å². The van der Waals surface area contributed by atoms with Crippen molar-refractivity contribution in [3.8, 4) is 0 Å². The van der Waals surface area contributed by atoms with E-state index < -0.39 is 6.04 Å². The molecule has 0 bridgehead atoms. The molecule has 2 aromatic carbocycles. The van der Waals surface area contributed by atoms with Gasteiger partial charge in [0.1, 0.15) is 6.04 Å². The van der Waals surface area contributed by atoms with Gasteiger partial charge < -0.3 is 16.0 Å². The molecule has 1 fully saturated rings. The summed E-state index contributed by atoms with van der Waals surface area (Å²) in [5.74, 6) is -0.247. The molecule has 1 aliphatic rings. The molecule has 2 aromatic rings. The first-order valence-electron chi connectivity index (χ1n) is 8.61. The lowest BCUT2D eigenvalue weighted by molar-refractivity contribution is -0.128. The molecule has 1 aliphatic heterocycles. The fourth-order valence-electron chi connectivity index (χ4n) is 3.14. The standard InChI is InChI=1S/C20H23N3O2/c21-17(15-8-3-1-4-9-15)14-19(24)22-18-12-7-13-23(20(18)25)16-10-5-2-6-11-16/h1-6,8-11,17-18H,7,12-14,21H2,(H,22,24). The fourth-order valence-corrected chi connectivity index (χ4v) is 3.14. The zero-order valence-electron chi connectivity index (χ0n) is 14.1. The lowest BCUT2D eigenvalue weighted by atomic mass is 10.0. The number of carbonyl (C=O) groups excluding carboxylic acids is 2. The van der Waals surface area contributed by atoms with Crippen LogP contribution in [0.1, 0.15) is 30.9 Å². The van der Waals surface area contributed by atoms with Gasteiger partial charge in [-0.1, -0.05) is 48.5 Å². The molecule has 1 saturated heterocycles. The van der Waals surface area contributed by atoms with E-state index in [4.69, 9.17) is 5.73 Å². The molecule has 2 unspecified atom stereocenters. The number of nitrogens with one attached hydrogen (secondary N) is 1. The summed E-state index contributed by atoms with van der Waals surface area (Å²) in [4.78, 5) is 26.8. The van der Waals surface area contributed by atoms with Gasteiger partial charge in [-0.25, -0.2) is 0 Å². The third-order valence-electron chi connectivity index (χ3n) is 4.47. The maximum atomic E-state index is 12.7. The minimum absolute atomic E-state index is 0.0564. The smallest absolute Gasteiger partial charge is 0.249 e. The van der Waals surface area contributed by atoms with Crippen LogP contribution >= 0.6 is 0 Å². The second kappa shape index (κ2) is 7.94. The number of carbonyl (C=O) groups is 2. The van der Waals surface area contributed by atoms with E-state index in [0.29, 0.717) is 13.0 Å².